The highest BCUT2D eigenvalue weighted by molar-refractivity contribution is 5.85. The molecule has 1 aliphatic rings. The fourth-order valence-corrected chi connectivity index (χ4v) is 6.74. The van der Waals surface area contributed by atoms with E-state index in [1.165, 1.54) is 192 Å². The summed E-state index contributed by atoms with van der Waals surface area (Å²) in [5, 5.41) is 3.16. The maximum absolute atomic E-state index is 12.3. The lowest BCUT2D eigenvalue weighted by Crippen LogP contribution is -2.33. The molecule has 4 nitrogen and oxygen atoms in total. The predicted molar refractivity (Wildman–Crippen MR) is 203 cm³/mol. The van der Waals surface area contributed by atoms with E-state index in [0.717, 1.165) is 39.0 Å². The first-order valence-electron chi connectivity index (χ1n) is 20.3. The minimum absolute atomic E-state index is 0. The van der Waals surface area contributed by atoms with E-state index in [1.807, 2.05) is 0 Å². The van der Waals surface area contributed by atoms with Crippen molar-refractivity contribution in [3.63, 3.8) is 0 Å². The normalized spacial score (nSPS) is 12.8. The standard InChI is InChI=1S/C40H79N3O.ClH/c1-3-5-7-9-11-13-15-17-19-21-23-25-27-29-31-33-40(44)42-35-34-39-41-36-38-43(39)37-32-30-28-26-24-22-20-18-16-14-12-10-8-6-4-2;/h3-38H2,1-2H3,(H,42,44);1H. The van der Waals surface area contributed by atoms with Crippen molar-refractivity contribution in [3.8, 4) is 0 Å². The fraction of sp³-hybridized carbons (Fsp3) is 0.950. The van der Waals surface area contributed by atoms with Crippen LogP contribution in [0.2, 0.25) is 0 Å². The number of hydrogen-bond donors (Lipinski definition) is 1. The zero-order chi connectivity index (χ0) is 31.6. The molecule has 0 unspecified atom stereocenters. The highest BCUT2D eigenvalue weighted by atomic mass is 35.5. The molecule has 1 rings (SSSR count). The van der Waals surface area contributed by atoms with Gasteiger partial charge in [-0.25, -0.2) is 0 Å². The number of hydrogen-bond acceptors (Lipinski definition) is 3. The molecule has 0 atom stereocenters. The number of aliphatic imine (C=N–C) groups is 1. The Bertz CT molecular complexity index is 641. The summed E-state index contributed by atoms with van der Waals surface area (Å²) in [4.78, 5) is 19.5. The molecule has 0 saturated carbocycles. The van der Waals surface area contributed by atoms with E-state index >= 15 is 0 Å². The second-order valence-corrected chi connectivity index (χ2v) is 14.0. The van der Waals surface area contributed by atoms with Gasteiger partial charge in [-0.3, -0.25) is 9.79 Å². The Balaban J connectivity index is 0.0000194. The fourth-order valence-electron chi connectivity index (χ4n) is 6.74. The van der Waals surface area contributed by atoms with Gasteiger partial charge in [-0.15, -0.1) is 12.4 Å². The van der Waals surface area contributed by atoms with E-state index in [4.69, 9.17) is 4.99 Å². The van der Waals surface area contributed by atoms with Crippen LogP contribution in [0.15, 0.2) is 4.99 Å². The van der Waals surface area contributed by atoms with Crippen molar-refractivity contribution in [2.24, 2.45) is 4.99 Å². The van der Waals surface area contributed by atoms with Gasteiger partial charge >= 0.3 is 0 Å². The first kappa shape index (κ1) is 44.2. The molecule has 268 valence electrons. The molecule has 0 aromatic rings. The van der Waals surface area contributed by atoms with Gasteiger partial charge in [-0.05, 0) is 12.8 Å². The molecule has 0 bridgehead atoms. The summed E-state index contributed by atoms with van der Waals surface area (Å²) in [6.45, 7) is 8.48. The Labute approximate surface area is 288 Å². The number of unbranched alkanes of at least 4 members (excludes halogenated alkanes) is 28. The number of rotatable bonds is 35. The van der Waals surface area contributed by atoms with E-state index in [0.29, 0.717) is 6.42 Å². The van der Waals surface area contributed by atoms with Crippen molar-refractivity contribution in [1.29, 1.82) is 0 Å². The van der Waals surface area contributed by atoms with Crippen molar-refractivity contribution >= 4 is 24.1 Å². The Morgan fingerprint density at radius 2 is 0.911 bits per heavy atom. The van der Waals surface area contributed by atoms with E-state index in [-0.39, 0.29) is 18.3 Å². The van der Waals surface area contributed by atoms with Crippen LogP contribution < -0.4 is 5.32 Å². The average Bonchev–Trinajstić information content (AvgIpc) is 3.48. The van der Waals surface area contributed by atoms with E-state index in [2.05, 4.69) is 24.1 Å². The lowest BCUT2D eigenvalue weighted by Gasteiger charge is -2.20. The van der Waals surface area contributed by atoms with Crippen LogP contribution in [0.5, 0.6) is 0 Å². The van der Waals surface area contributed by atoms with Crippen molar-refractivity contribution < 1.29 is 4.79 Å². The van der Waals surface area contributed by atoms with Gasteiger partial charge in [-0.2, -0.15) is 0 Å². The van der Waals surface area contributed by atoms with Crippen molar-refractivity contribution in [2.75, 3.05) is 26.2 Å². The molecule has 1 N–H and O–H groups in total. The van der Waals surface area contributed by atoms with Crippen LogP contribution in [0.1, 0.15) is 219 Å². The monoisotopic (exact) mass is 654 g/mol. The molecule has 1 amide bonds. The second-order valence-electron chi connectivity index (χ2n) is 14.0. The van der Waals surface area contributed by atoms with Crippen LogP contribution in [0.25, 0.3) is 0 Å². The molecule has 0 aliphatic carbocycles. The molecule has 0 fully saturated rings. The number of carbonyl (C=O) groups excluding carboxylic acids is 1. The van der Waals surface area contributed by atoms with Gasteiger partial charge in [-0.1, -0.05) is 194 Å². The van der Waals surface area contributed by atoms with E-state index in [9.17, 15) is 4.79 Å². The van der Waals surface area contributed by atoms with Crippen LogP contribution >= 0.6 is 12.4 Å². The quantitative estimate of drug-likeness (QED) is 0.0692. The van der Waals surface area contributed by atoms with Gasteiger partial charge < -0.3 is 10.2 Å². The van der Waals surface area contributed by atoms with Crippen molar-refractivity contribution in [3.05, 3.63) is 0 Å². The predicted octanol–water partition coefficient (Wildman–Crippen LogP) is 12.8. The largest absolute Gasteiger partial charge is 0.358 e. The van der Waals surface area contributed by atoms with Crippen LogP contribution in [0.4, 0.5) is 0 Å². The van der Waals surface area contributed by atoms with Crippen molar-refractivity contribution in [2.45, 2.75) is 219 Å². The molecular weight excluding hydrogens is 574 g/mol. The summed E-state index contributed by atoms with van der Waals surface area (Å²) in [7, 11) is 0. The molecule has 0 radical (unpaired) electrons. The zero-order valence-corrected chi connectivity index (χ0v) is 31.5. The van der Waals surface area contributed by atoms with Gasteiger partial charge in [0, 0.05) is 32.5 Å². The molecule has 45 heavy (non-hydrogen) atoms. The molecule has 5 heteroatoms. The van der Waals surface area contributed by atoms with Crippen LogP contribution in [0.3, 0.4) is 0 Å². The first-order chi connectivity index (χ1) is 21.8. The summed E-state index contributed by atoms with van der Waals surface area (Å²) in [6, 6.07) is 0. The van der Waals surface area contributed by atoms with Gasteiger partial charge in [0.2, 0.25) is 5.91 Å². The molecule has 0 aromatic carbocycles. The number of amides is 1. The molecule has 0 spiro atoms. The molecular formula is C40H80ClN3O. The van der Waals surface area contributed by atoms with Gasteiger partial charge in [0.1, 0.15) is 5.84 Å². The minimum Gasteiger partial charge on any atom is -0.358 e. The van der Waals surface area contributed by atoms with Crippen molar-refractivity contribution in [1.82, 2.24) is 10.2 Å². The summed E-state index contributed by atoms with van der Waals surface area (Å²) in [5.41, 5.74) is 0. The molecule has 0 saturated heterocycles. The lowest BCUT2D eigenvalue weighted by molar-refractivity contribution is -0.121. The summed E-state index contributed by atoms with van der Waals surface area (Å²) < 4.78 is 0. The van der Waals surface area contributed by atoms with Gasteiger partial charge in [0.15, 0.2) is 0 Å². The first-order valence-corrected chi connectivity index (χ1v) is 20.3. The maximum Gasteiger partial charge on any atom is 0.220 e. The number of carbonyl (C=O) groups is 1. The Morgan fingerprint density at radius 3 is 1.31 bits per heavy atom. The number of amidine groups is 1. The SMILES string of the molecule is CCCCCCCCCCCCCCCCCC(=O)NCCC1=NCCN1CCCCCCCCCCCCCCCCC.Cl. The zero-order valence-electron chi connectivity index (χ0n) is 30.7. The number of nitrogens with one attached hydrogen (secondary N) is 1. The Hall–Kier alpha value is -0.770. The van der Waals surface area contributed by atoms with Crippen LogP contribution in [-0.2, 0) is 4.79 Å². The molecule has 1 heterocycles. The Morgan fingerprint density at radius 1 is 0.556 bits per heavy atom. The third-order valence-corrected chi connectivity index (χ3v) is 9.74. The third kappa shape index (κ3) is 30.3. The maximum atomic E-state index is 12.3. The summed E-state index contributed by atoms with van der Waals surface area (Å²) >= 11 is 0. The topological polar surface area (TPSA) is 44.7 Å². The Kier molecular flexibility index (Phi) is 35.5. The highest BCUT2D eigenvalue weighted by Crippen LogP contribution is 2.15. The number of halogens is 1. The highest BCUT2D eigenvalue weighted by Gasteiger charge is 2.16. The van der Waals surface area contributed by atoms with E-state index in [1.54, 1.807) is 0 Å². The minimum atomic E-state index is 0. The second kappa shape index (κ2) is 36.1. The van der Waals surface area contributed by atoms with Crippen LogP contribution in [0, 0.1) is 0 Å². The smallest absolute Gasteiger partial charge is 0.220 e. The van der Waals surface area contributed by atoms with E-state index < -0.39 is 0 Å². The number of nitrogens with zero attached hydrogens (tertiary/aromatic N) is 2. The molecule has 0 aromatic heterocycles. The summed E-state index contributed by atoms with van der Waals surface area (Å²) in [6.07, 6.45) is 43.2. The molecule has 1 aliphatic heterocycles. The summed E-state index contributed by atoms with van der Waals surface area (Å²) in [5.74, 6) is 1.45. The third-order valence-electron chi connectivity index (χ3n) is 9.74. The van der Waals surface area contributed by atoms with Gasteiger partial charge in [0.25, 0.3) is 0 Å². The van der Waals surface area contributed by atoms with Crippen LogP contribution in [-0.4, -0.2) is 42.8 Å². The lowest BCUT2D eigenvalue weighted by atomic mass is 10.0. The average molecular weight is 655 g/mol. The van der Waals surface area contributed by atoms with Gasteiger partial charge in [0.05, 0.1) is 6.54 Å².